The Bertz CT molecular complexity index is 919. The van der Waals surface area contributed by atoms with Crippen molar-refractivity contribution in [2.45, 2.75) is 52.2 Å². The second-order valence-corrected chi connectivity index (χ2v) is 8.65. The molecular formula is C25H33FN2O5. The third-order valence-corrected chi connectivity index (χ3v) is 4.84. The Balaban J connectivity index is 2.26. The molecule has 0 aliphatic heterocycles. The molecule has 0 aromatic heterocycles. The molecule has 0 aliphatic rings. The van der Waals surface area contributed by atoms with E-state index in [9.17, 15) is 14.0 Å². The van der Waals surface area contributed by atoms with Crippen molar-refractivity contribution in [2.75, 3.05) is 20.8 Å². The highest BCUT2D eigenvalue weighted by Crippen LogP contribution is 2.27. The Kier molecular flexibility index (Phi) is 9.08. The van der Waals surface area contributed by atoms with E-state index in [1.165, 1.54) is 31.3 Å². The summed E-state index contributed by atoms with van der Waals surface area (Å²) in [5.41, 5.74) is 0.248. The lowest BCUT2D eigenvalue weighted by atomic mass is 10.1. The van der Waals surface area contributed by atoms with Crippen molar-refractivity contribution in [3.8, 4) is 17.2 Å². The van der Waals surface area contributed by atoms with Gasteiger partial charge in [-0.15, -0.1) is 0 Å². The Morgan fingerprint density at radius 2 is 1.55 bits per heavy atom. The molecule has 0 unspecified atom stereocenters. The number of carbonyl (C=O) groups excluding carboxylic acids is 2. The Labute approximate surface area is 194 Å². The van der Waals surface area contributed by atoms with E-state index in [-0.39, 0.29) is 30.8 Å². The molecule has 33 heavy (non-hydrogen) atoms. The van der Waals surface area contributed by atoms with Crippen LogP contribution >= 0.6 is 0 Å². The van der Waals surface area contributed by atoms with Crippen LogP contribution in [0.4, 0.5) is 4.39 Å². The lowest BCUT2D eigenvalue weighted by Crippen LogP contribution is -2.54. The van der Waals surface area contributed by atoms with E-state index in [4.69, 9.17) is 14.2 Å². The molecule has 0 heterocycles. The van der Waals surface area contributed by atoms with Gasteiger partial charge >= 0.3 is 0 Å². The minimum atomic E-state index is -0.717. The number of hydrogen-bond donors (Lipinski definition) is 1. The van der Waals surface area contributed by atoms with Crippen molar-refractivity contribution < 1.29 is 28.2 Å². The Morgan fingerprint density at radius 1 is 1.00 bits per heavy atom. The lowest BCUT2D eigenvalue weighted by molar-refractivity contribution is -0.143. The van der Waals surface area contributed by atoms with Gasteiger partial charge in [0, 0.05) is 30.3 Å². The molecule has 1 atom stereocenters. The van der Waals surface area contributed by atoms with E-state index in [1.807, 2.05) is 27.7 Å². The van der Waals surface area contributed by atoms with Crippen molar-refractivity contribution in [2.24, 2.45) is 0 Å². The van der Waals surface area contributed by atoms with Crippen LogP contribution in [0, 0.1) is 5.82 Å². The third-order valence-electron chi connectivity index (χ3n) is 4.84. The van der Waals surface area contributed by atoms with Gasteiger partial charge in [0.1, 0.15) is 29.1 Å². The molecule has 0 spiro atoms. The maximum atomic E-state index is 13.4. The van der Waals surface area contributed by atoms with Gasteiger partial charge in [0.15, 0.2) is 6.61 Å². The number of hydrogen-bond acceptors (Lipinski definition) is 5. The van der Waals surface area contributed by atoms with Gasteiger partial charge in [-0.1, -0.05) is 19.1 Å². The van der Waals surface area contributed by atoms with Gasteiger partial charge < -0.3 is 24.4 Å². The van der Waals surface area contributed by atoms with E-state index in [1.54, 1.807) is 30.3 Å². The van der Waals surface area contributed by atoms with Gasteiger partial charge in [0.2, 0.25) is 5.91 Å². The van der Waals surface area contributed by atoms with Crippen LogP contribution in [-0.4, -0.2) is 49.1 Å². The quantitative estimate of drug-likeness (QED) is 0.581. The monoisotopic (exact) mass is 460 g/mol. The molecule has 0 bridgehead atoms. The molecule has 2 aromatic carbocycles. The average Bonchev–Trinajstić information content (AvgIpc) is 2.77. The molecule has 8 heteroatoms. The number of nitrogens with zero attached hydrogens (tertiary/aromatic N) is 1. The minimum absolute atomic E-state index is 0.139. The zero-order chi connectivity index (χ0) is 24.6. The average molecular weight is 461 g/mol. The number of halogens is 1. The summed E-state index contributed by atoms with van der Waals surface area (Å²) in [6.07, 6.45) is 0.405. The first kappa shape index (κ1) is 26.0. The van der Waals surface area contributed by atoms with Gasteiger partial charge in [-0.05, 0) is 44.9 Å². The van der Waals surface area contributed by atoms with Crippen LogP contribution in [0.5, 0.6) is 17.2 Å². The second kappa shape index (κ2) is 11.5. The van der Waals surface area contributed by atoms with E-state index in [0.717, 1.165) is 0 Å². The van der Waals surface area contributed by atoms with Gasteiger partial charge in [-0.25, -0.2) is 4.39 Å². The van der Waals surface area contributed by atoms with Gasteiger partial charge in [-0.2, -0.15) is 0 Å². The molecule has 1 N–H and O–H groups in total. The maximum absolute atomic E-state index is 13.4. The smallest absolute Gasteiger partial charge is 0.261 e. The fraction of sp³-hybridized carbons (Fsp3) is 0.440. The zero-order valence-electron chi connectivity index (χ0n) is 20.1. The first-order valence-electron chi connectivity index (χ1n) is 10.8. The number of amides is 2. The fourth-order valence-electron chi connectivity index (χ4n) is 3.25. The summed E-state index contributed by atoms with van der Waals surface area (Å²) in [5, 5.41) is 2.94. The third kappa shape index (κ3) is 7.97. The maximum Gasteiger partial charge on any atom is 0.261 e. The molecule has 2 aromatic rings. The fourth-order valence-corrected chi connectivity index (χ4v) is 3.25. The number of benzene rings is 2. The number of rotatable bonds is 10. The molecule has 0 saturated carbocycles. The summed E-state index contributed by atoms with van der Waals surface area (Å²) >= 11 is 0. The molecule has 0 saturated heterocycles. The zero-order valence-corrected chi connectivity index (χ0v) is 20.1. The van der Waals surface area contributed by atoms with Crippen LogP contribution < -0.4 is 19.5 Å². The summed E-state index contributed by atoms with van der Waals surface area (Å²) in [4.78, 5) is 27.7. The summed E-state index contributed by atoms with van der Waals surface area (Å²) in [6, 6.07) is 10.1. The topological polar surface area (TPSA) is 77.1 Å². The molecule has 0 fully saturated rings. The predicted octanol–water partition coefficient (Wildman–Crippen LogP) is 3.94. The molecule has 0 aliphatic carbocycles. The van der Waals surface area contributed by atoms with Gasteiger partial charge in [0.25, 0.3) is 5.91 Å². The van der Waals surface area contributed by atoms with Gasteiger partial charge in [-0.3, -0.25) is 9.59 Å². The summed E-state index contributed by atoms with van der Waals surface area (Å²) in [6.45, 7) is 7.32. The van der Waals surface area contributed by atoms with Crippen molar-refractivity contribution in [1.29, 1.82) is 0 Å². The van der Waals surface area contributed by atoms with Crippen molar-refractivity contribution in [3.05, 3.63) is 53.8 Å². The first-order valence-corrected chi connectivity index (χ1v) is 10.8. The molecular weight excluding hydrogens is 427 g/mol. The standard InChI is InChI=1S/C25H33FN2O5/c1-7-22(24(30)27-25(2,3)4)28(15-17-8-10-18(26)11-9-17)23(29)16-33-21-13-19(31-5)12-20(14-21)32-6/h8-14,22H,7,15-16H2,1-6H3,(H,27,30)/t22-/m0/s1. The number of carbonyl (C=O) groups is 2. The summed E-state index contributed by atoms with van der Waals surface area (Å²) in [5.74, 6) is 0.436. The van der Waals surface area contributed by atoms with E-state index in [0.29, 0.717) is 29.2 Å². The van der Waals surface area contributed by atoms with Crippen LogP contribution in [0.2, 0.25) is 0 Å². The van der Waals surface area contributed by atoms with Crippen molar-refractivity contribution in [3.63, 3.8) is 0 Å². The summed E-state index contributed by atoms with van der Waals surface area (Å²) < 4.78 is 29.6. The van der Waals surface area contributed by atoms with E-state index in [2.05, 4.69) is 5.32 Å². The minimum Gasteiger partial charge on any atom is -0.496 e. The Morgan fingerprint density at radius 3 is 2.03 bits per heavy atom. The van der Waals surface area contributed by atoms with Crippen molar-refractivity contribution in [1.82, 2.24) is 10.2 Å². The highest BCUT2D eigenvalue weighted by Gasteiger charge is 2.31. The number of nitrogens with one attached hydrogen (secondary N) is 1. The van der Waals surface area contributed by atoms with Crippen molar-refractivity contribution >= 4 is 11.8 Å². The highest BCUT2D eigenvalue weighted by atomic mass is 19.1. The normalized spacial score (nSPS) is 12.0. The molecule has 2 rings (SSSR count). The lowest BCUT2D eigenvalue weighted by Gasteiger charge is -2.33. The largest absolute Gasteiger partial charge is 0.496 e. The van der Waals surface area contributed by atoms with Crippen LogP contribution in [0.15, 0.2) is 42.5 Å². The Hall–Kier alpha value is -3.29. The van der Waals surface area contributed by atoms with Gasteiger partial charge in [0.05, 0.1) is 14.2 Å². The van der Waals surface area contributed by atoms with E-state index >= 15 is 0 Å². The first-order chi connectivity index (χ1) is 15.6. The predicted molar refractivity (Wildman–Crippen MR) is 124 cm³/mol. The SMILES string of the molecule is CC[C@@H](C(=O)NC(C)(C)C)N(Cc1ccc(F)cc1)C(=O)COc1cc(OC)cc(OC)c1. The van der Waals surface area contributed by atoms with Crippen LogP contribution in [0.3, 0.4) is 0 Å². The second-order valence-electron chi connectivity index (χ2n) is 8.65. The molecule has 7 nitrogen and oxygen atoms in total. The highest BCUT2D eigenvalue weighted by molar-refractivity contribution is 5.88. The van der Waals surface area contributed by atoms with Crippen LogP contribution in [0.25, 0.3) is 0 Å². The molecule has 2 amide bonds. The van der Waals surface area contributed by atoms with Crippen LogP contribution in [0.1, 0.15) is 39.7 Å². The van der Waals surface area contributed by atoms with Crippen LogP contribution in [-0.2, 0) is 16.1 Å². The number of ether oxygens (including phenoxy) is 3. The van der Waals surface area contributed by atoms with E-state index < -0.39 is 11.6 Å². The molecule has 180 valence electrons. The summed E-state index contributed by atoms with van der Waals surface area (Å²) in [7, 11) is 3.04. The molecule has 0 radical (unpaired) electrons. The number of methoxy groups -OCH3 is 2.